The van der Waals surface area contributed by atoms with Crippen molar-refractivity contribution in [2.24, 2.45) is 0 Å². The molecule has 1 fully saturated rings. The van der Waals surface area contributed by atoms with Gasteiger partial charge in [0.05, 0.1) is 25.5 Å². The number of nitrogens with zero attached hydrogens (tertiary/aromatic N) is 2. The summed E-state index contributed by atoms with van der Waals surface area (Å²) in [4.78, 5) is 29.6. The fourth-order valence-corrected chi connectivity index (χ4v) is 3.26. The highest BCUT2D eigenvalue weighted by atomic mass is 19.1. The summed E-state index contributed by atoms with van der Waals surface area (Å²) in [7, 11) is 1.34. The maximum atomic E-state index is 14.2. The van der Waals surface area contributed by atoms with Crippen LogP contribution in [-0.4, -0.2) is 54.5 Å². The number of carbonyl (C=O) groups is 2. The molecule has 0 spiro atoms. The van der Waals surface area contributed by atoms with Gasteiger partial charge in [0.1, 0.15) is 18.0 Å². The van der Waals surface area contributed by atoms with Crippen LogP contribution in [-0.2, 0) is 9.47 Å². The number of anilines is 1. The number of nitrogens with one attached hydrogen (secondary N) is 2. The Balaban J connectivity index is 1.58. The second kappa shape index (κ2) is 9.40. The van der Waals surface area contributed by atoms with E-state index in [4.69, 9.17) is 9.47 Å². The van der Waals surface area contributed by atoms with Gasteiger partial charge in [0.2, 0.25) is 0 Å². The average Bonchev–Trinajstić information content (AvgIpc) is 2.69. The minimum absolute atomic E-state index is 0.0470. The molecule has 9 heteroatoms. The van der Waals surface area contributed by atoms with E-state index in [0.717, 1.165) is 18.5 Å². The summed E-state index contributed by atoms with van der Waals surface area (Å²) < 4.78 is 24.8. The lowest BCUT2D eigenvalue weighted by Crippen LogP contribution is -2.43. The third kappa shape index (κ3) is 5.94. The second-order valence-electron chi connectivity index (χ2n) is 7.02. The maximum Gasteiger partial charge on any atom is 0.409 e. The number of pyridine rings is 1. The fraction of sp³-hybridized carbons (Fsp3) is 0.450. The summed E-state index contributed by atoms with van der Waals surface area (Å²) in [6.45, 7) is 2.83. The topological polar surface area (TPSA) is 92.8 Å². The maximum absolute atomic E-state index is 14.2. The highest BCUT2D eigenvalue weighted by molar-refractivity contribution is 5.90. The Labute approximate surface area is 168 Å². The molecule has 1 aliphatic carbocycles. The molecule has 29 heavy (non-hydrogen) atoms. The van der Waals surface area contributed by atoms with Crippen molar-refractivity contribution in [3.8, 4) is 0 Å². The van der Waals surface area contributed by atoms with Crippen LogP contribution < -0.4 is 10.6 Å². The van der Waals surface area contributed by atoms with Crippen LogP contribution in [0.3, 0.4) is 0 Å². The Morgan fingerprint density at radius 2 is 2.14 bits per heavy atom. The zero-order valence-electron chi connectivity index (χ0n) is 16.5. The number of likely N-dealkylation sites (tertiary alicyclic amines) is 1. The first-order valence-electron chi connectivity index (χ1n) is 9.49. The van der Waals surface area contributed by atoms with Crippen molar-refractivity contribution in [2.75, 3.05) is 25.5 Å². The molecule has 156 valence electrons. The van der Waals surface area contributed by atoms with E-state index < -0.39 is 18.3 Å². The van der Waals surface area contributed by atoms with Gasteiger partial charge >= 0.3 is 12.1 Å². The summed E-state index contributed by atoms with van der Waals surface area (Å²) in [5, 5.41) is 5.31. The van der Waals surface area contributed by atoms with E-state index in [1.807, 2.05) is 6.92 Å². The lowest BCUT2D eigenvalue weighted by molar-refractivity contribution is 0.0385. The third-order valence-electron chi connectivity index (χ3n) is 4.63. The van der Waals surface area contributed by atoms with Crippen LogP contribution in [0.25, 0.3) is 0 Å². The van der Waals surface area contributed by atoms with Gasteiger partial charge in [-0.15, -0.1) is 0 Å². The Kier molecular flexibility index (Phi) is 6.69. The number of hydrogen-bond acceptors (Lipinski definition) is 5. The molecule has 1 saturated heterocycles. The lowest BCUT2D eigenvalue weighted by Gasteiger charge is -2.32. The van der Waals surface area contributed by atoms with Crippen molar-refractivity contribution < 1.29 is 23.5 Å². The van der Waals surface area contributed by atoms with Crippen molar-refractivity contribution in [1.82, 2.24) is 15.2 Å². The van der Waals surface area contributed by atoms with Crippen LogP contribution in [0.2, 0.25) is 0 Å². The van der Waals surface area contributed by atoms with Gasteiger partial charge in [-0.1, -0.05) is 0 Å². The number of allylic oxidation sites excluding steroid dienone is 3. The summed E-state index contributed by atoms with van der Waals surface area (Å²) in [5.41, 5.74) is 1.79. The van der Waals surface area contributed by atoms with Crippen molar-refractivity contribution in [3.63, 3.8) is 0 Å². The van der Waals surface area contributed by atoms with Gasteiger partial charge in [-0.2, -0.15) is 0 Å². The van der Waals surface area contributed by atoms with Gasteiger partial charge < -0.3 is 25.0 Å². The largest absolute Gasteiger partial charge is 0.489 e. The molecule has 0 radical (unpaired) electrons. The minimum atomic E-state index is -1.27. The molecule has 2 N–H and O–H groups in total. The number of alkyl halides is 1. The standard InChI is InChI=1S/C20H25FN4O4/c1-13-5-6-15(11-22-13)23-19(26)24-16-8-14(21)9-18(10-16)29-17-4-3-7-25(12-17)20(27)28-2/h5-6,9-11,14,17H,3-4,7-8,12H2,1-2H3,(H2,23,24,26)/t14-,17?/m0/s1. The molecule has 2 aliphatic rings. The first kappa shape index (κ1) is 20.6. The Bertz CT molecular complexity index is 809. The molecule has 1 aliphatic heterocycles. The number of rotatable bonds is 4. The minimum Gasteiger partial charge on any atom is -0.489 e. The van der Waals surface area contributed by atoms with Crippen LogP contribution in [0.15, 0.2) is 41.9 Å². The molecule has 1 aromatic heterocycles. The summed E-state index contributed by atoms with van der Waals surface area (Å²) >= 11 is 0. The number of urea groups is 1. The fourth-order valence-electron chi connectivity index (χ4n) is 3.26. The summed E-state index contributed by atoms with van der Waals surface area (Å²) in [6, 6.07) is 3.04. The van der Waals surface area contributed by atoms with Crippen molar-refractivity contribution >= 4 is 17.8 Å². The summed E-state index contributed by atoms with van der Waals surface area (Å²) in [6.07, 6.45) is 4.17. The second-order valence-corrected chi connectivity index (χ2v) is 7.02. The van der Waals surface area contributed by atoms with E-state index in [9.17, 15) is 14.0 Å². The monoisotopic (exact) mass is 404 g/mol. The molecule has 0 bridgehead atoms. The average molecular weight is 404 g/mol. The van der Waals surface area contributed by atoms with Crippen molar-refractivity contribution in [2.45, 2.75) is 38.5 Å². The van der Waals surface area contributed by atoms with Crippen LogP contribution in [0.4, 0.5) is 19.7 Å². The summed E-state index contributed by atoms with van der Waals surface area (Å²) in [5.74, 6) is 0.341. The normalized spacial score (nSPS) is 21.6. The number of methoxy groups -OCH3 is 1. The molecule has 3 amide bonds. The number of ether oxygens (including phenoxy) is 2. The molecule has 8 nitrogen and oxygen atoms in total. The third-order valence-corrected chi connectivity index (χ3v) is 4.63. The van der Waals surface area contributed by atoms with Gasteiger partial charge in [-0.25, -0.2) is 14.0 Å². The Morgan fingerprint density at radius 1 is 1.31 bits per heavy atom. The zero-order valence-corrected chi connectivity index (χ0v) is 16.5. The number of aryl methyl sites for hydroxylation is 1. The molecule has 0 saturated carbocycles. The van der Waals surface area contributed by atoms with E-state index in [0.29, 0.717) is 30.2 Å². The van der Waals surface area contributed by atoms with E-state index in [1.54, 1.807) is 29.3 Å². The van der Waals surface area contributed by atoms with Gasteiger partial charge in [0, 0.05) is 24.4 Å². The van der Waals surface area contributed by atoms with E-state index in [-0.39, 0.29) is 12.5 Å². The van der Waals surface area contributed by atoms with Gasteiger partial charge in [0.15, 0.2) is 0 Å². The quantitative estimate of drug-likeness (QED) is 0.804. The van der Waals surface area contributed by atoms with Gasteiger partial charge in [0.25, 0.3) is 0 Å². The van der Waals surface area contributed by atoms with Gasteiger partial charge in [-0.05, 0) is 44.1 Å². The van der Waals surface area contributed by atoms with Crippen molar-refractivity contribution in [1.29, 1.82) is 0 Å². The van der Waals surface area contributed by atoms with Crippen LogP contribution in [0.1, 0.15) is 25.0 Å². The number of halogens is 1. The zero-order chi connectivity index (χ0) is 20.8. The molecule has 1 unspecified atom stereocenters. The van der Waals surface area contributed by atoms with Crippen LogP contribution >= 0.6 is 0 Å². The molecular weight excluding hydrogens is 379 g/mol. The molecule has 0 aromatic carbocycles. The van der Waals surface area contributed by atoms with E-state index >= 15 is 0 Å². The number of piperidine rings is 1. The SMILES string of the molecule is COC(=O)N1CCCC(OC2=C[C@@H](F)CC(NC(=O)Nc3ccc(C)nc3)=C2)C1. The van der Waals surface area contributed by atoms with Crippen molar-refractivity contribution in [3.05, 3.63) is 47.6 Å². The number of hydrogen-bond donors (Lipinski definition) is 2. The number of amides is 3. The first-order valence-corrected chi connectivity index (χ1v) is 9.49. The first-order chi connectivity index (χ1) is 13.9. The van der Waals surface area contributed by atoms with Gasteiger partial charge in [-0.3, -0.25) is 4.98 Å². The highest BCUT2D eigenvalue weighted by Crippen LogP contribution is 2.23. The number of aromatic nitrogens is 1. The van der Waals surface area contributed by atoms with Crippen LogP contribution in [0.5, 0.6) is 0 Å². The van der Waals surface area contributed by atoms with E-state index in [2.05, 4.69) is 15.6 Å². The molecule has 3 rings (SSSR count). The van der Waals surface area contributed by atoms with Crippen LogP contribution in [0, 0.1) is 6.92 Å². The Morgan fingerprint density at radius 3 is 2.86 bits per heavy atom. The molecule has 2 atom stereocenters. The molecular formula is C20H25FN4O4. The molecule has 1 aromatic rings. The predicted molar refractivity (Wildman–Crippen MR) is 105 cm³/mol. The highest BCUT2D eigenvalue weighted by Gasteiger charge is 2.27. The number of carbonyl (C=O) groups excluding carboxylic acids is 2. The smallest absolute Gasteiger partial charge is 0.409 e. The predicted octanol–water partition coefficient (Wildman–Crippen LogP) is 3.27. The molecule has 2 heterocycles. The lowest BCUT2D eigenvalue weighted by atomic mass is 10.1. The Hall–Kier alpha value is -3.10. The van der Waals surface area contributed by atoms with E-state index in [1.165, 1.54) is 13.2 Å².